The fraction of sp³-hybridized carbons (Fsp3) is 0.200. The van der Waals surface area contributed by atoms with Gasteiger partial charge >= 0.3 is 0 Å². The molecule has 0 radical (unpaired) electrons. The van der Waals surface area contributed by atoms with Crippen molar-refractivity contribution >= 4 is 33.8 Å². The molecule has 5 heterocycles. The summed E-state index contributed by atoms with van der Waals surface area (Å²) in [5.74, 6) is 0.590. The van der Waals surface area contributed by atoms with Crippen LogP contribution in [0.1, 0.15) is 44.9 Å². The molecule has 2 amide bonds. The second-order valence-corrected chi connectivity index (χ2v) is 7.82. The van der Waals surface area contributed by atoms with Crippen LogP contribution in [0.25, 0.3) is 5.65 Å². The fourth-order valence-corrected chi connectivity index (χ4v) is 4.47. The summed E-state index contributed by atoms with van der Waals surface area (Å²) >= 11 is 1.25. The van der Waals surface area contributed by atoms with Crippen molar-refractivity contribution in [3.05, 3.63) is 71.4 Å². The van der Waals surface area contributed by atoms with Crippen LogP contribution < -0.4 is 5.32 Å². The van der Waals surface area contributed by atoms with Crippen LogP contribution in [-0.4, -0.2) is 37.9 Å². The molecule has 5 rings (SSSR count). The molecule has 1 aliphatic heterocycles. The molecule has 8 nitrogen and oxygen atoms in total. The highest BCUT2D eigenvalue weighted by Crippen LogP contribution is 2.34. The van der Waals surface area contributed by atoms with Crippen LogP contribution in [0, 0.1) is 0 Å². The number of rotatable bonds is 4. The average Bonchev–Trinajstić information content (AvgIpc) is 3.53. The number of fused-ring (bicyclic) bond motifs is 1. The standard InChI is InChI=1S/C20H17N5O3S/c26-19(14-6-4-12-28-14)21-17-9-8-15(29-17)20(27)24-11-3-5-13(24)18-23-22-16-7-1-2-10-25(16)18/h1-2,4,6-10,12-13H,3,5,11H2,(H,21,26)/t13-/m0/s1. The Bertz CT molecular complexity index is 1180. The molecule has 0 aliphatic carbocycles. The molecule has 1 saturated heterocycles. The highest BCUT2D eigenvalue weighted by Gasteiger charge is 2.34. The van der Waals surface area contributed by atoms with Crippen molar-refractivity contribution in [1.29, 1.82) is 0 Å². The van der Waals surface area contributed by atoms with Crippen LogP contribution in [0.4, 0.5) is 5.00 Å². The van der Waals surface area contributed by atoms with Crippen LogP contribution in [0.15, 0.2) is 59.3 Å². The molecular formula is C20H17N5O3S. The average molecular weight is 407 g/mol. The number of carbonyl (C=O) groups excluding carboxylic acids is 2. The zero-order chi connectivity index (χ0) is 19.8. The van der Waals surface area contributed by atoms with E-state index in [4.69, 9.17) is 4.42 Å². The van der Waals surface area contributed by atoms with Crippen LogP contribution in [-0.2, 0) is 0 Å². The summed E-state index contributed by atoms with van der Waals surface area (Å²) in [6.45, 7) is 0.664. The van der Waals surface area contributed by atoms with Gasteiger partial charge in [0.15, 0.2) is 17.2 Å². The number of anilines is 1. The Morgan fingerprint density at radius 2 is 2.07 bits per heavy atom. The third kappa shape index (κ3) is 3.19. The second kappa shape index (κ2) is 7.17. The maximum absolute atomic E-state index is 13.2. The molecule has 0 unspecified atom stereocenters. The number of nitrogens with one attached hydrogen (secondary N) is 1. The molecule has 0 aromatic carbocycles. The Morgan fingerprint density at radius 1 is 1.14 bits per heavy atom. The van der Waals surface area contributed by atoms with Gasteiger partial charge in [-0.15, -0.1) is 21.5 Å². The second-order valence-electron chi connectivity index (χ2n) is 6.74. The molecule has 29 heavy (non-hydrogen) atoms. The van der Waals surface area contributed by atoms with E-state index in [-0.39, 0.29) is 23.6 Å². The topological polar surface area (TPSA) is 92.7 Å². The monoisotopic (exact) mass is 407 g/mol. The molecule has 1 aliphatic rings. The van der Waals surface area contributed by atoms with E-state index >= 15 is 0 Å². The highest BCUT2D eigenvalue weighted by molar-refractivity contribution is 7.18. The van der Waals surface area contributed by atoms with Gasteiger partial charge in [0.1, 0.15) is 0 Å². The van der Waals surface area contributed by atoms with Crippen molar-refractivity contribution in [3.8, 4) is 0 Å². The quantitative estimate of drug-likeness (QED) is 0.558. The van der Waals surface area contributed by atoms with E-state index in [9.17, 15) is 9.59 Å². The van der Waals surface area contributed by atoms with E-state index in [0.29, 0.717) is 16.4 Å². The van der Waals surface area contributed by atoms with Gasteiger partial charge in [-0.25, -0.2) is 0 Å². The van der Waals surface area contributed by atoms with Crippen molar-refractivity contribution in [1.82, 2.24) is 19.5 Å². The zero-order valence-corrected chi connectivity index (χ0v) is 16.1. The van der Waals surface area contributed by atoms with Crippen LogP contribution >= 0.6 is 11.3 Å². The molecule has 9 heteroatoms. The van der Waals surface area contributed by atoms with Crippen LogP contribution in [0.2, 0.25) is 0 Å². The van der Waals surface area contributed by atoms with E-state index in [2.05, 4.69) is 15.5 Å². The number of carbonyl (C=O) groups is 2. The van der Waals surface area contributed by atoms with Gasteiger partial charge in [-0.1, -0.05) is 6.07 Å². The minimum absolute atomic E-state index is 0.0660. The number of hydrogen-bond acceptors (Lipinski definition) is 6. The Kier molecular flexibility index (Phi) is 4.36. The van der Waals surface area contributed by atoms with Gasteiger partial charge < -0.3 is 14.6 Å². The Balaban J connectivity index is 1.36. The van der Waals surface area contributed by atoms with E-state index in [1.807, 2.05) is 33.7 Å². The molecule has 1 fully saturated rings. The third-order valence-corrected chi connectivity index (χ3v) is 5.94. The Labute approximate surface area is 169 Å². The molecule has 4 aromatic rings. The van der Waals surface area contributed by atoms with Crippen molar-refractivity contribution < 1.29 is 14.0 Å². The predicted molar refractivity (Wildman–Crippen MR) is 107 cm³/mol. The number of thiophene rings is 1. The summed E-state index contributed by atoms with van der Waals surface area (Å²) in [6, 6.07) is 12.3. The number of nitrogens with zero attached hydrogens (tertiary/aromatic N) is 4. The van der Waals surface area contributed by atoms with Crippen molar-refractivity contribution in [2.24, 2.45) is 0 Å². The normalized spacial score (nSPS) is 16.4. The summed E-state index contributed by atoms with van der Waals surface area (Å²) < 4.78 is 7.03. The van der Waals surface area contributed by atoms with Crippen molar-refractivity contribution in [2.75, 3.05) is 11.9 Å². The first kappa shape index (κ1) is 17.6. The largest absolute Gasteiger partial charge is 0.459 e. The number of hydrogen-bond donors (Lipinski definition) is 1. The van der Waals surface area contributed by atoms with Gasteiger partial charge in [-0.3, -0.25) is 14.0 Å². The molecule has 1 N–H and O–H groups in total. The number of pyridine rings is 1. The van der Waals surface area contributed by atoms with Gasteiger partial charge in [0, 0.05) is 12.7 Å². The molecule has 0 bridgehead atoms. The Hall–Kier alpha value is -3.46. The molecular weight excluding hydrogens is 390 g/mol. The van der Waals surface area contributed by atoms with Gasteiger partial charge in [0.05, 0.1) is 22.2 Å². The summed E-state index contributed by atoms with van der Waals surface area (Å²) in [5.41, 5.74) is 0.765. The minimum atomic E-state index is -0.343. The van der Waals surface area contributed by atoms with E-state index in [1.54, 1.807) is 24.3 Å². The number of amides is 2. The lowest BCUT2D eigenvalue weighted by atomic mass is 10.2. The molecule has 146 valence electrons. The lowest BCUT2D eigenvalue weighted by Crippen LogP contribution is -2.31. The number of aromatic nitrogens is 3. The van der Waals surface area contributed by atoms with Crippen molar-refractivity contribution in [3.63, 3.8) is 0 Å². The first-order chi connectivity index (χ1) is 14.2. The third-order valence-electron chi connectivity index (χ3n) is 4.95. The predicted octanol–water partition coefficient (Wildman–Crippen LogP) is 3.61. The molecule has 0 saturated carbocycles. The maximum Gasteiger partial charge on any atom is 0.291 e. The molecule has 4 aromatic heterocycles. The van der Waals surface area contributed by atoms with Crippen LogP contribution in [0.5, 0.6) is 0 Å². The van der Waals surface area contributed by atoms with Gasteiger partial charge in [-0.05, 0) is 49.2 Å². The summed E-state index contributed by atoms with van der Waals surface area (Å²) in [7, 11) is 0. The van der Waals surface area contributed by atoms with E-state index in [1.165, 1.54) is 17.6 Å². The number of furan rings is 1. The lowest BCUT2D eigenvalue weighted by Gasteiger charge is -2.22. The Morgan fingerprint density at radius 3 is 2.93 bits per heavy atom. The maximum atomic E-state index is 13.2. The first-order valence-electron chi connectivity index (χ1n) is 9.26. The lowest BCUT2D eigenvalue weighted by molar-refractivity contribution is 0.0734. The van der Waals surface area contributed by atoms with Gasteiger partial charge in [0.2, 0.25) is 0 Å². The SMILES string of the molecule is O=C(Nc1ccc(C(=O)N2CCC[C@H]2c2nnc3ccccn23)s1)c1ccco1. The summed E-state index contributed by atoms with van der Waals surface area (Å²) in [5, 5.41) is 11.9. The first-order valence-corrected chi connectivity index (χ1v) is 10.1. The van der Waals surface area contributed by atoms with Gasteiger partial charge in [0.25, 0.3) is 11.8 Å². The minimum Gasteiger partial charge on any atom is -0.459 e. The van der Waals surface area contributed by atoms with Crippen molar-refractivity contribution in [2.45, 2.75) is 18.9 Å². The fourth-order valence-electron chi connectivity index (χ4n) is 3.61. The smallest absolute Gasteiger partial charge is 0.291 e. The summed E-state index contributed by atoms with van der Waals surface area (Å²) in [6.07, 6.45) is 5.11. The van der Waals surface area contributed by atoms with E-state index < -0.39 is 0 Å². The summed E-state index contributed by atoms with van der Waals surface area (Å²) in [4.78, 5) is 27.7. The zero-order valence-electron chi connectivity index (χ0n) is 15.3. The molecule has 0 spiro atoms. The van der Waals surface area contributed by atoms with Gasteiger partial charge in [-0.2, -0.15) is 0 Å². The molecule has 1 atom stereocenters. The number of likely N-dealkylation sites (tertiary alicyclic amines) is 1. The van der Waals surface area contributed by atoms with Crippen LogP contribution in [0.3, 0.4) is 0 Å². The highest BCUT2D eigenvalue weighted by atomic mass is 32.1. The van der Waals surface area contributed by atoms with E-state index in [0.717, 1.165) is 24.3 Å².